The molecule has 1 aromatic rings. The number of fused-ring (bicyclic) bond motifs is 1. The van der Waals surface area contributed by atoms with Crippen LogP contribution in [0.1, 0.15) is 17.2 Å². The minimum absolute atomic E-state index is 0.174. The van der Waals surface area contributed by atoms with E-state index in [4.69, 9.17) is 0 Å². The largest absolute Gasteiger partial charge is 0.372 e. The second-order valence-corrected chi connectivity index (χ2v) is 3.86. The lowest BCUT2D eigenvalue weighted by atomic mass is 10.1. The van der Waals surface area contributed by atoms with E-state index in [1.807, 2.05) is 0 Å². The van der Waals surface area contributed by atoms with Crippen molar-refractivity contribution in [2.75, 3.05) is 18.5 Å². The molecule has 0 N–H and O–H groups in total. The molecule has 72 valence electrons. The summed E-state index contributed by atoms with van der Waals surface area (Å²) in [5, 5.41) is 2.47. The smallest absolute Gasteiger partial charge is 0.105 e. The number of isothiocyanates is 1. The summed E-state index contributed by atoms with van der Waals surface area (Å²) in [6.07, 6.45) is 0. The number of anilines is 1. The van der Waals surface area contributed by atoms with Crippen LogP contribution in [0.15, 0.2) is 23.2 Å². The topological polar surface area (TPSA) is 15.6 Å². The molecule has 1 aromatic carbocycles. The first-order valence-electron chi connectivity index (χ1n) is 4.61. The molecule has 1 aliphatic heterocycles. The highest BCUT2D eigenvalue weighted by molar-refractivity contribution is 7.78. The Morgan fingerprint density at radius 2 is 2.36 bits per heavy atom. The molecular formula is C11H12N2S. The van der Waals surface area contributed by atoms with Crippen molar-refractivity contribution in [2.45, 2.75) is 13.0 Å². The molecule has 0 aliphatic carbocycles. The first-order chi connectivity index (χ1) is 6.72. The molecule has 0 spiro atoms. The predicted molar refractivity (Wildman–Crippen MR) is 62.2 cm³/mol. The van der Waals surface area contributed by atoms with Crippen LogP contribution in [0.25, 0.3) is 0 Å². The van der Waals surface area contributed by atoms with Crippen molar-refractivity contribution in [1.29, 1.82) is 0 Å². The molecule has 3 heteroatoms. The second kappa shape index (κ2) is 3.52. The van der Waals surface area contributed by atoms with Gasteiger partial charge in [0, 0.05) is 24.8 Å². The molecule has 0 amide bonds. The van der Waals surface area contributed by atoms with Crippen molar-refractivity contribution in [3.05, 3.63) is 29.3 Å². The normalized spacial score (nSPS) is 19.0. The molecule has 0 bridgehead atoms. The summed E-state index contributed by atoms with van der Waals surface area (Å²) in [5.41, 5.74) is 3.79. The Morgan fingerprint density at radius 3 is 3.07 bits per heavy atom. The van der Waals surface area contributed by atoms with Gasteiger partial charge in [-0.15, -0.1) is 0 Å². The average Bonchev–Trinajstić information content (AvgIpc) is 2.44. The Hall–Kier alpha value is -1.18. The summed E-state index contributed by atoms with van der Waals surface area (Å²) in [4.78, 5) is 6.38. The Kier molecular flexibility index (Phi) is 2.36. The molecule has 0 fully saturated rings. The molecule has 0 saturated carbocycles. The molecule has 2 rings (SSSR count). The van der Waals surface area contributed by atoms with Crippen LogP contribution in [-0.2, 0) is 0 Å². The zero-order chi connectivity index (χ0) is 10.1. The van der Waals surface area contributed by atoms with Crippen LogP contribution in [0.4, 0.5) is 5.69 Å². The number of likely N-dealkylation sites (N-methyl/N-ethyl adjacent to an activating group) is 1. The van der Waals surface area contributed by atoms with Gasteiger partial charge in [0.05, 0.1) is 5.16 Å². The van der Waals surface area contributed by atoms with Crippen molar-refractivity contribution in [3.63, 3.8) is 0 Å². The Morgan fingerprint density at radius 1 is 1.57 bits per heavy atom. The number of hydrogen-bond donors (Lipinski definition) is 0. The molecule has 1 atom stereocenters. The molecule has 0 aromatic heterocycles. The molecular weight excluding hydrogens is 192 g/mol. The zero-order valence-electron chi connectivity index (χ0n) is 8.32. The molecule has 0 saturated heterocycles. The van der Waals surface area contributed by atoms with Crippen molar-refractivity contribution in [2.24, 2.45) is 4.99 Å². The molecule has 1 unspecified atom stereocenters. The van der Waals surface area contributed by atoms with Crippen LogP contribution in [-0.4, -0.2) is 18.8 Å². The van der Waals surface area contributed by atoms with Crippen molar-refractivity contribution >= 4 is 23.1 Å². The van der Waals surface area contributed by atoms with Gasteiger partial charge in [0.2, 0.25) is 0 Å². The Balaban J connectivity index is 2.50. The van der Waals surface area contributed by atoms with Gasteiger partial charge in [-0.25, -0.2) is 4.99 Å². The summed E-state index contributed by atoms with van der Waals surface area (Å²) in [5.74, 6) is 0. The monoisotopic (exact) mass is 204 g/mol. The van der Waals surface area contributed by atoms with E-state index >= 15 is 0 Å². The fraction of sp³-hybridized carbons (Fsp3) is 0.364. The van der Waals surface area contributed by atoms with E-state index in [0.29, 0.717) is 0 Å². The van der Waals surface area contributed by atoms with E-state index in [1.165, 1.54) is 16.8 Å². The lowest BCUT2D eigenvalue weighted by Crippen LogP contribution is -2.14. The third kappa shape index (κ3) is 1.45. The van der Waals surface area contributed by atoms with Gasteiger partial charge in [-0.05, 0) is 25.2 Å². The third-order valence-corrected chi connectivity index (χ3v) is 2.71. The van der Waals surface area contributed by atoms with E-state index in [9.17, 15) is 0 Å². The SMILES string of the molecule is Cc1ccc2c(c1)C(N=C=S)CN2C. The van der Waals surface area contributed by atoms with Crippen LogP contribution in [0, 0.1) is 6.92 Å². The van der Waals surface area contributed by atoms with Crippen LogP contribution >= 0.6 is 12.2 Å². The fourth-order valence-corrected chi connectivity index (χ4v) is 2.05. The highest BCUT2D eigenvalue weighted by Crippen LogP contribution is 2.36. The van der Waals surface area contributed by atoms with E-state index < -0.39 is 0 Å². The molecule has 0 radical (unpaired) electrons. The third-order valence-electron chi connectivity index (χ3n) is 2.61. The average molecular weight is 204 g/mol. The second-order valence-electron chi connectivity index (χ2n) is 3.68. The van der Waals surface area contributed by atoms with Gasteiger partial charge in [-0.1, -0.05) is 17.7 Å². The minimum Gasteiger partial charge on any atom is -0.372 e. The summed E-state index contributed by atoms with van der Waals surface area (Å²) in [6.45, 7) is 3.00. The van der Waals surface area contributed by atoms with E-state index in [1.54, 1.807) is 0 Å². The minimum atomic E-state index is 0.174. The van der Waals surface area contributed by atoms with Gasteiger partial charge < -0.3 is 4.90 Å². The summed E-state index contributed by atoms with van der Waals surface area (Å²) in [7, 11) is 2.08. The molecule has 1 heterocycles. The van der Waals surface area contributed by atoms with Gasteiger partial charge in [0.15, 0.2) is 0 Å². The first kappa shape index (κ1) is 9.38. The van der Waals surface area contributed by atoms with Gasteiger partial charge in [-0.2, -0.15) is 0 Å². The fourth-order valence-electron chi connectivity index (χ4n) is 1.92. The van der Waals surface area contributed by atoms with E-state index in [2.05, 4.69) is 59.4 Å². The van der Waals surface area contributed by atoms with E-state index in [-0.39, 0.29) is 6.04 Å². The highest BCUT2D eigenvalue weighted by Gasteiger charge is 2.25. The number of aliphatic imine (C=N–C) groups is 1. The van der Waals surface area contributed by atoms with Crippen molar-refractivity contribution < 1.29 is 0 Å². The standard InChI is InChI=1S/C11H12N2S/c1-8-3-4-11-9(5-8)10(12-7-14)6-13(11)2/h3-5,10H,6H2,1-2H3. The predicted octanol–water partition coefficient (Wildman–Crippen LogP) is 2.59. The Bertz CT molecular complexity index is 408. The zero-order valence-corrected chi connectivity index (χ0v) is 9.14. The number of aryl methyl sites for hydroxylation is 1. The number of benzene rings is 1. The lowest BCUT2D eigenvalue weighted by Gasteiger charge is -2.10. The van der Waals surface area contributed by atoms with Gasteiger partial charge in [0.1, 0.15) is 6.04 Å². The molecule has 14 heavy (non-hydrogen) atoms. The van der Waals surface area contributed by atoms with Crippen LogP contribution < -0.4 is 4.90 Å². The summed E-state index contributed by atoms with van der Waals surface area (Å²) in [6, 6.07) is 6.62. The summed E-state index contributed by atoms with van der Waals surface area (Å²) >= 11 is 4.65. The van der Waals surface area contributed by atoms with Crippen LogP contribution in [0.5, 0.6) is 0 Å². The van der Waals surface area contributed by atoms with Crippen LogP contribution in [0.2, 0.25) is 0 Å². The quantitative estimate of drug-likeness (QED) is 0.516. The maximum Gasteiger partial charge on any atom is 0.105 e. The first-order valence-corrected chi connectivity index (χ1v) is 5.02. The van der Waals surface area contributed by atoms with Gasteiger partial charge in [0.25, 0.3) is 0 Å². The number of nitrogens with zero attached hydrogens (tertiary/aromatic N) is 2. The maximum absolute atomic E-state index is 4.65. The molecule has 1 aliphatic rings. The highest BCUT2D eigenvalue weighted by atomic mass is 32.1. The Labute approximate surface area is 89.3 Å². The number of thiocarbonyl (C=S) groups is 1. The maximum atomic E-state index is 4.65. The van der Waals surface area contributed by atoms with E-state index in [0.717, 1.165) is 6.54 Å². The summed E-state index contributed by atoms with van der Waals surface area (Å²) < 4.78 is 0. The van der Waals surface area contributed by atoms with Crippen LogP contribution in [0.3, 0.4) is 0 Å². The number of hydrogen-bond acceptors (Lipinski definition) is 3. The van der Waals surface area contributed by atoms with Gasteiger partial charge >= 0.3 is 0 Å². The van der Waals surface area contributed by atoms with Crippen molar-refractivity contribution in [1.82, 2.24) is 0 Å². The van der Waals surface area contributed by atoms with Gasteiger partial charge in [-0.3, -0.25) is 0 Å². The number of rotatable bonds is 1. The molecule has 2 nitrogen and oxygen atoms in total. The lowest BCUT2D eigenvalue weighted by molar-refractivity contribution is 0.768. The van der Waals surface area contributed by atoms with Crippen molar-refractivity contribution in [3.8, 4) is 0 Å².